The molecule has 0 aliphatic carbocycles. The van der Waals surface area contributed by atoms with E-state index in [9.17, 15) is 0 Å². The van der Waals surface area contributed by atoms with Gasteiger partial charge in [0, 0.05) is 0 Å². The Bertz CT molecular complexity index is 346. The van der Waals surface area contributed by atoms with Gasteiger partial charge in [0.15, 0.2) is 5.96 Å². The zero-order valence-electron chi connectivity index (χ0n) is 9.62. The molecule has 3 heteroatoms. The molecular weight excluding hydrogens is 186 g/mol. The van der Waals surface area contributed by atoms with Gasteiger partial charge in [-0.05, 0) is 29.5 Å². The molecule has 0 unspecified atom stereocenters. The van der Waals surface area contributed by atoms with Crippen LogP contribution >= 0.6 is 0 Å². The molecule has 0 radical (unpaired) electrons. The van der Waals surface area contributed by atoms with Gasteiger partial charge in [0.05, 0.1) is 5.69 Å². The highest BCUT2D eigenvalue weighted by molar-refractivity contribution is 5.78. The van der Waals surface area contributed by atoms with Gasteiger partial charge in [0.1, 0.15) is 0 Å². The van der Waals surface area contributed by atoms with Crippen LogP contribution in [0.5, 0.6) is 0 Å². The second-order valence-corrected chi connectivity index (χ2v) is 4.32. The van der Waals surface area contributed by atoms with Gasteiger partial charge in [-0.25, -0.2) is 4.99 Å². The maximum absolute atomic E-state index is 5.30. The first-order valence-electron chi connectivity index (χ1n) is 5.16. The summed E-state index contributed by atoms with van der Waals surface area (Å²) in [5.41, 5.74) is 12.9. The molecule has 0 aliphatic rings. The second-order valence-electron chi connectivity index (χ2n) is 4.32. The predicted molar refractivity (Wildman–Crippen MR) is 65.2 cm³/mol. The first-order valence-corrected chi connectivity index (χ1v) is 5.16. The maximum Gasteiger partial charge on any atom is 0.191 e. The minimum Gasteiger partial charge on any atom is -0.370 e. The Balaban J connectivity index is 2.95. The Hall–Kier alpha value is -1.51. The fraction of sp³-hybridized carbons (Fsp3) is 0.417. The number of rotatable bonds is 3. The summed E-state index contributed by atoms with van der Waals surface area (Å²) >= 11 is 0. The van der Waals surface area contributed by atoms with Crippen molar-refractivity contribution in [3.05, 3.63) is 29.8 Å². The van der Waals surface area contributed by atoms with Crippen LogP contribution in [-0.4, -0.2) is 5.96 Å². The largest absolute Gasteiger partial charge is 0.370 e. The minimum atomic E-state index is 0.0949. The monoisotopic (exact) mass is 205 g/mol. The molecule has 3 nitrogen and oxygen atoms in total. The van der Waals surface area contributed by atoms with Gasteiger partial charge in [-0.1, -0.05) is 32.9 Å². The molecule has 1 aromatic carbocycles. The van der Waals surface area contributed by atoms with E-state index in [0.29, 0.717) is 0 Å². The van der Waals surface area contributed by atoms with Gasteiger partial charge in [-0.3, -0.25) is 0 Å². The van der Waals surface area contributed by atoms with Crippen molar-refractivity contribution < 1.29 is 0 Å². The molecule has 0 atom stereocenters. The lowest BCUT2D eigenvalue weighted by Gasteiger charge is -2.23. The van der Waals surface area contributed by atoms with Gasteiger partial charge in [0.2, 0.25) is 0 Å². The number of hydrogen-bond donors (Lipinski definition) is 2. The SMILES string of the molecule is CCC(C)(C)c1ccc(N=C(N)N)cc1. The van der Waals surface area contributed by atoms with E-state index in [4.69, 9.17) is 11.5 Å². The average molecular weight is 205 g/mol. The predicted octanol–water partition coefficient (Wildman–Crippen LogP) is 2.28. The molecule has 0 spiro atoms. The van der Waals surface area contributed by atoms with Gasteiger partial charge in [-0.15, -0.1) is 0 Å². The van der Waals surface area contributed by atoms with Crippen LogP contribution in [0.2, 0.25) is 0 Å². The summed E-state index contributed by atoms with van der Waals surface area (Å²) in [6.07, 6.45) is 1.11. The van der Waals surface area contributed by atoms with Crippen LogP contribution < -0.4 is 11.5 Å². The van der Waals surface area contributed by atoms with E-state index in [1.54, 1.807) is 0 Å². The van der Waals surface area contributed by atoms with Crippen LogP contribution in [0, 0.1) is 0 Å². The number of guanidine groups is 1. The normalized spacial score (nSPS) is 11.1. The van der Waals surface area contributed by atoms with Crippen LogP contribution in [0.1, 0.15) is 32.8 Å². The summed E-state index contributed by atoms with van der Waals surface area (Å²) in [7, 11) is 0. The zero-order chi connectivity index (χ0) is 11.5. The highest BCUT2D eigenvalue weighted by atomic mass is 15.0. The summed E-state index contributed by atoms with van der Waals surface area (Å²) in [5.74, 6) is 0.0949. The Morgan fingerprint density at radius 2 is 1.73 bits per heavy atom. The lowest BCUT2D eigenvalue weighted by Crippen LogP contribution is -2.21. The molecule has 0 aliphatic heterocycles. The van der Waals surface area contributed by atoms with E-state index in [1.807, 2.05) is 12.1 Å². The number of hydrogen-bond acceptors (Lipinski definition) is 1. The Morgan fingerprint density at radius 1 is 1.20 bits per heavy atom. The Labute approximate surface area is 91.2 Å². The topological polar surface area (TPSA) is 64.4 Å². The summed E-state index contributed by atoms with van der Waals surface area (Å²) in [4.78, 5) is 3.98. The van der Waals surface area contributed by atoms with Gasteiger partial charge in [0.25, 0.3) is 0 Å². The Kier molecular flexibility index (Phi) is 3.35. The molecular formula is C12H19N3. The fourth-order valence-corrected chi connectivity index (χ4v) is 1.34. The molecule has 15 heavy (non-hydrogen) atoms. The molecule has 0 aromatic heterocycles. The van der Waals surface area contributed by atoms with Crippen molar-refractivity contribution in [3.63, 3.8) is 0 Å². The van der Waals surface area contributed by atoms with Gasteiger partial charge < -0.3 is 11.5 Å². The summed E-state index contributed by atoms with van der Waals surface area (Å²) < 4.78 is 0. The van der Waals surface area contributed by atoms with E-state index >= 15 is 0 Å². The smallest absolute Gasteiger partial charge is 0.191 e. The van der Waals surface area contributed by atoms with E-state index in [-0.39, 0.29) is 11.4 Å². The molecule has 1 rings (SSSR count). The standard InChI is InChI=1S/C12H19N3/c1-4-12(2,3)9-5-7-10(8-6-9)15-11(13)14/h5-8H,4H2,1-3H3,(H4,13,14,15). The third kappa shape index (κ3) is 2.98. The summed E-state index contributed by atoms with van der Waals surface area (Å²) in [6, 6.07) is 8.02. The van der Waals surface area contributed by atoms with Gasteiger partial charge in [-0.2, -0.15) is 0 Å². The Morgan fingerprint density at radius 3 is 2.13 bits per heavy atom. The third-order valence-electron chi connectivity index (χ3n) is 2.79. The lowest BCUT2D eigenvalue weighted by atomic mass is 9.82. The molecule has 82 valence electrons. The third-order valence-corrected chi connectivity index (χ3v) is 2.79. The van der Waals surface area contributed by atoms with E-state index in [1.165, 1.54) is 5.56 Å². The van der Waals surface area contributed by atoms with Crippen LogP contribution in [0.4, 0.5) is 5.69 Å². The van der Waals surface area contributed by atoms with Crippen molar-refractivity contribution in [1.82, 2.24) is 0 Å². The molecule has 0 heterocycles. The molecule has 1 aromatic rings. The van der Waals surface area contributed by atoms with Crippen LogP contribution in [0.25, 0.3) is 0 Å². The fourth-order valence-electron chi connectivity index (χ4n) is 1.34. The first kappa shape index (κ1) is 11.6. The maximum atomic E-state index is 5.30. The summed E-state index contributed by atoms with van der Waals surface area (Å²) in [5, 5.41) is 0. The van der Waals surface area contributed by atoms with Crippen molar-refractivity contribution in [2.45, 2.75) is 32.6 Å². The molecule has 0 saturated heterocycles. The number of benzene rings is 1. The average Bonchev–Trinajstić information content (AvgIpc) is 2.18. The van der Waals surface area contributed by atoms with Crippen molar-refractivity contribution in [2.24, 2.45) is 16.5 Å². The van der Waals surface area contributed by atoms with Crippen LogP contribution in [0.15, 0.2) is 29.3 Å². The van der Waals surface area contributed by atoms with E-state index in [0.717, 1.165) is 12.1 Å². The summed E-state index contributed by atoms with van der Waals surface area (Å²) in [6.45, 7) is 6.63. The van der Waals surface area contributed by atoms with Gasteiger partial charge >= 0.3 is 0 Å². The highest BCUT2D eigenvalue weighted by Gasteiger charge is 2.17. The molecule has 0 amide bonds. The number of nitrogens with two attached hydrogens (primary N) is 2. The molecule has 0 bridgehead atoms. The number of aliphatic imine (C=N–C) groups is 1. The van der Waals surface area contributed by atoms with E-state index in [2.05, 4.69) is 37.9 Å². The van der Waals surface area contributed by atoms with E-state index < -0.39 is 0 Å². The minimum absolute atomic E-state index is 0.0949. The van der Waals surface area contributed by atoms with Crippen molar-refractivity contribution in [1.29, 1.82) is 0 Å². The number of nitrogens with zero attached hydrogens (tertiary/aromatic N) is 1. The quantitative estimate of drug-likeness (QED) is 0.587. The lowest BCUT2D eigenvalue weighted by molar-refractivity contribution is 0.506. The molecule has 0 fully saturated rings. The van der Waals surface area contributed by atoms with Crippen LogP contribution in [-0.2, 0) is 5.41 Å². The van der Waals surface area contributed by atoms with Crippen LogP contribution in [0.3, 0.4) is 0 Å². The molecule has 4 N–H and O–H groups in total. The first-order chi connectivity index (χ1) is 6.95. The highest BCUT2D eigenvalue weighted by Crippen LogP contribution is 2.27. The van der Waals surface area contributed by atoms with Crippen molar-refractivity contribution in [3.8, 4) is 0 Å². The van der Waals surface area contributed by atoms with Crippen molar-refractivity contribution in [2.75, 3.05) is 0 Å². The van der Waals surface area contributed by atoms with Crippen molar-refractivity contribution >= 4 is 11.6 Å². The second kappa shape index (κ2) is 4.34. The zero-order valence-corrected chi connectivity index (χ0v) is 9.62. The molecule has 0 saturated carbocycles.